The minimum absolute atomic E-state index is 0.452. The predicted molar refractivity (Wildman–Crippen MR) is 95.2 cm³/mol. The maximum Gasteiger partial charge on any atom is 0.162 e. The molecule has 0 heterocycles. The molecule has 0 spiro atoms. The predicted octanol–water partition coefficient (Wildman–Crippen LogP) is 6.05. The van der Waals surface area contributed by atoms with Gasteiger partial charge in [0, 0.05) is 0 Å². The van der Waals surface area contributed by atoms with E-state index in [0.717, 1.165) is 37.7 Å². The lowest BCUT2D eigenvalue weighted by atomic mass is 9.81. The van der Waals surface area contributed by atoms with E-state index in [0.29, 0.717) is 17.9 Å². The van der Waals surface area contributed by atoms with Gasteiger partial charge in [0.15, 0.2) is 11.6 Å². The van der Waals surface area contributed by atoms with Gasteiger partial charge in [0.05, 0.1) is 0 Å². The molecular formula is C22H26F2. The number of unbranched alkanes of at least 4 members (excludes halogenated alkanes) is 1. The van der Waals surface area contributed by atoms with Crippen LogP contribution >= 0.6 is 0 Å². The third-order valence-electron chi connectivity index (χ3n) is 5.29. The Morgan fingerprint density at radius 1 is 0.958 bits per heavy atom. The van der Waals surface area contributed by atoms with Gasteiger partial charge in [0.25, 0.3) is 0 Å². The highest BCUT2D eigenvalue weighted by Gasteiger charge is 2.23. The van der Waals surface area contributed by atoms with Crippen molar-refractivity contribution in [3.05, 3.63) is 70.3 Å². The zero-order valence-corrected chi connectivity index (χ0v) is 14.5. The van der Waals surface area contributed by atoms with Crippen molar-refractivity contribution < 1.29 is 8.78 Å². The molecule has 0 N–H and O–H groups in total. The molecule has 1 aliphatic carbocycles. The first kappa shape index (κ1) is 17.1. The van der Waals surface area contributed by atoms with E-state index in [-0.39, 0.29) is 0 Å². The fourth-order valence-electron chi connectivity index (χ4n) is 3.71. The van der Waals surface area contributed by atoms with E-state index in [9.17, 15) is 8.78 Å². The maximum absolute atomic E-state index is 14.0. The fourth-order valence-corrected chi connectivity index (χ4v) is 3.71. The smallest absolute Gasteiger partial charge is 0.162 e. The minimum atomic E-state index is -0.711. The summed E-state index contributed by atoms with van der Waals surface area (Å²) >= 11 is 0. The average molecular weight is 328 g/mol. The molecule has 24 heavy (non-hydrogen) atoms. The normalized spacial score (nSPS) is 16.9. The first-order valence-corrected chi connectivity index (χ1v) is 9.21. The van der Waals surface area contributed by atoms with Gasteiger partial charge < -0.3 is 0 Å². The molecule has 0 bridgehead atoms. The highest BCUT2D eigenvalue weighted by Crippen LogP contribution is 2.31. The number of fused-ring (bicyclic) bond motifs is 1. The van der Waals surface area contributed by atoms with Crippen LogP contribution in [0.1, 0.15) is 54.9 Å². The Labute approximate surface area is 143 Å². The van der Waals surface area contributed by atoms with Gasteiger partial charge in [-0.2, -0.15) is 0 Å². The Bertz CT molecular complexity index is 673. The first-order chi connectivity index (χ1) is 11.7. The van der Waals surface area contributed by atoms with Crippen LogP contribution in [0.5, 0.6) is 0 Å². The molecule has 0 aliphatic heterocycles. The molecule has 128 valence electrons. The van der Waals surface area contributed by atoms with E-state index in [1.165, 1.54) is 30.0 Å². The van der Waals surface area contributed by atoms with Crippen molar-refractivity contribution in [3.63, 3.8) is 0 Å². The third kappa shape index (κ3) is 4.03. The van der Waals surface area contributed by atoms with Gasteiger partial charge in [0.2, 0.25) is 0 Å². The minimum Gasteiger partial charge on any atom is -0.204 e. The van der Waals surface area contributed by atoms with E-state index in [1.807, 2.05) is 0 Å². The summed E-state index contributed by atoms with van der Waals surface area (Å²) in [4.78, 5) is 0. The summed E-state index contributed by atoms with van der Waals surface area (Å²) in [6.45, 7) is 2.21. The van der Waals surface area contributed by atoms with E-state index < -0.39 is 11.6 Å². The molecule has 1 atom stereocenters. The molecule has 1 unspecified atom stereocenters. The Morgan fingerprint density at radius 3 is 2.38 bits per heavy atom. The van der Waals surface area contributed by atoms with Crippen LogP contribution in [0, 0.1) is 17.6 Å². The van der Waals surface area contributed by atoms with Gasteiger partial charge in [0.1, 0.15) is 0 Å². The Morgan fingerprint density at radius 2 is 1.67 bits per heavy atom. The van der Waals surface area contributed by atoms with Gasteiger partial charge in [-0.15, -0.1) is 0 Å². The molecule has 2 aromatic carbocycles. The summed E-state index contributed by atoms with van der Waals surface area (Å²) in [5.41, 5.74) is 4.36. The molecule has 0 saturated carbocycles. The van der Waals surface area contributed by atoms with Gasteiger partial charge in [-0.3, -0.25) is 0 Å². The second-order valence-corrected chi connectivity index (χ2v) is 7.07. The van der Waals surface area contributed by atoms with E-state index in [2.05, 4.69) is 31.2 Å². The van der Waals surface area contributed by atoms with Crippen LogP contribution in [0.2, 0.25) is 0 Å². The zero-order chi connectivity index (χ0) is 16.9. The molecule has 0 nitrogen and oxygen atoms in total. The Balaban J connectivity index is 1.57. The van der Waals surface area contributed by atoms with Crippen LogP contribution in [0.25, 0.3) is 0 Å². The molecule has 0 fully saturated rings. The Kier molecular flexibility index (Phi) is 5.65. The molecule has 2 heteroatoms. The lowest BCUT2D eigenvalue weighted by Gasteiger charge is -2.25. The van der Waals surface area contributed by atoms with Crippen molar-refractivity contribution in [2.24, 2.45) is 5.92 Å². The molecule has 0 aromatic heterocycles. The summed E-state index contributed by atoms with van der Waals surface area (Å²) < 4.78 is 27.4. The quantitative estimate of drug-likeness (QED) is 0.606. The number of halogens is 2. The largest absolute Gasteiger partial charge is 0.204 e. The molecule has 0 saturated heterocycles. The van der Waals surface area contributed by atoms with E-state index in [1.54, 1.807) is 6.07 Å². The number of benzene rings is 2. The maximum atomic E-state index is 14.0. The third-order valence-corrected chi connectivity index (χ3v) is 5.29. The number of hydrogen-bond acceptors (Lipinski definition) is 0. The lowest BCUT2D eigenvalue weighted by Crippen LogP contribution is -2.17. The summed E-state index contributed by atoms with van der Waals surface area (Å²) in [5.74, 6) is -0.886. The van der Waals surface area contributed by atoms with Gasteiger partial charge >= 0.3 is 0 Å². The van der Waals surface area contributed by atoms with Crippen molar-refractivity contribution in [1.82, 2.24) is 0 Å². The van der Waals surface area contributed by atoms with Crippen molar-refractivity contribution >= 4 is 0 Å². The summed E-state index contributed by atoms with van der Waals surface area (Å²) in [5, 5.41) is 0. The molecular weight excluding hydrogens is 302 g/mol. The first-order valence-electron chi connectivity index (χ1n) is 9.21. The number of rotatable bonds is 6. The van der Waals surface area contributed by atoms with Crippen LogP contribution < -0.4 is 0 Å². The van der Waals surface area contributed by atoms with Crippen LogP contribution in [0.15, 0.2) is 36.4 Å². The van der Waals surface area contributed by atoms with Crippen LogP contribution in [0.4, 0.5) is 8.78 Å². The number of aryl methyl sites for hydroxylation is 3. The molecule has 0 radical (unpaired) electrons. The zero-order valence-electron chi connectivity index (χ0n) is 14.5. The van der Waals surface area contributed by atoms with E-state index >= 15 is 0 Å². The van der Waals surface area contributed by atoms with Gasteiger partial charge in [-0.25, -0.2) is 8.78 Å². The highest BCUT2D eigenvalue weighted by atomic mass is 19.2. The highest BCUT2D eigenvalue weighted by molar-refractivity contribution is 5.32. The molecule has 1 aliphatic rings. The van der Waals surface area contributed by atoms with Crippen molar-refractivity contribution in [2.75, 3.05) is 0 Å². The van der Waals surface area contributed by atoms with Crippen LogP contribution in [0.3, 0.4) is 0 Å². The summed E-state index contributed by atoms with van der Waals surface area (Å²) in [7, 11) is 0. The van der Waals surface area contributed by atoms with Gasteiger partial charge in [-0.1, -0.05) is 43.7 Å². The van der Waals surface area contributed by atoms with Crippen LogP contribution in [-0.2, 0) is 25.7 Å². The monoisotopic (exact) mass is 328 g/mol. The molecule has 3 rings (SSSR count). The van der Waals surface area contributed by atoms with Crippen molar-refractivity contribution in [2.45, 2.75) is 58.3 Å². The lowest BCUT2D eigenvalue weighted by molar-refractivity contribution is 0.405. The molecule has 0 amide bonds. The SMILES string of the molecule is CCCCc1ccc(CCC2CCc3ccc(F)c(F)c3C2)cc1. The average Bonchev–Trinajstić information content (AvgIpc) is 2.62. The Hall–Kier alpha value is -1.70. The standard InChI is InChI=1S/C22H26F2/c1-2-3-4-16-5-7-17(8-6-16)9-10-18-11-12-19-13-14-21(23)22(24)20(19)15-18/h5-8,13-14,18H,2-4,9-12,15H2,1H3. The van der Waals surface area contributed by atoms with Gasteiger partial charge in [-0.05, 0) is 79.2 Å². The molecule has 2 aromatic rings. The summed E-state index contributed by atoms with van der Waals surface area (Å²) in [6, 6.07) is 11.9. The van der Waals surface area contributed by atoms with Crippen molar-refractivity contribution in [3.8, 4) is 0 Å². The fraction of sp³-hybridized carbons (Fsp3) is 0.455. The second kappa shape index (κ2) is 7.92. The van der Waals surface area contributed by atoms with Crippen LogP contribution in [-0.4, -0.2) is 0 Å². The van der Waals surface area contributed by atoms with Crippen molar-refractivity contribution in [1.29, 1.82) is 0 Å². The van der Waals surface area contributed by atoms with E-state index in [4.69, 9.17) is 0 Å². The number of hydrogen-bond donors (Lipinski definition) is 0. The topological polar surface area (TPSA) is 0 Å². The second-order valence-electron chi connectivity index (χ2n) is 7.07. The summed E-state index contributed by atoms with van der Waals surface area (Å²) in [6.07, 6.45) is 8.30.